The SMILES string of the molecule is Cc1cc(CS(=O)(=O)N2CCN(c3cnn(-c4cccc(C(F)(F)F)c4)c(=O)c3OCC3(C)CC3)CC2)ccc1N. The van der Waals surface area contributed by atoms with E-state index >= 15 is 0 Å². The average Bonchev–Trinajstić information content (AvgIpc) is 3.66. The number of alkyl halides is 3. The van der Waals surface area contributed by atoms with E-state index in [0.29, 0.717) is 16.9 Å². The van der Waals surface area contributed by atoms with Crippen LogP contribution in [-0.2, 0) is 22.0 Å². The number of sulfonamides is 1. The Hall–Kier alpha value is -3.58. The Bertz CT molecular complexity index is 1610. The smallest absolute Gasteiger partial charge is 0.416 e. The van der Waals surface area contributed by atoms with Gasteiger partial charge in [0, 0.05) is 37.3 Å². The Labute approximate surface area is 236 Å². The lowest BCUT2D eigenvalue weighted by molar-refractivity contribution is -0.137. The zero-order valence-electron chi connectivity index (χ0n) is 22.8. The van der Waals surface area contributed by atoms with Crippen LogP contribution in [0.4, 0.5) is 24.5 Å². The van der Waals surface area contributed by atoms with Gasteiger partial charge in [-0.05, 0) is 55.2 Å². The minimum absolute atomic E-state index is 0.0146. The van der Waals surface area contributed by atoms with E-state index in [1.165, 1.54) is 22.6 Å². The lowest BCUT2D eigenvalue weighted by Gasteiger charge is -2.35. The molecule has 0 unspecified atom stereocenters. The van der Waals surface area contributed by atoms with Gasteiger partial charge in [0.05, 0.1) is 29.8 Å². The maximum Gasteiger partial charge on any atom is 0.416 e. The summed E-state index contributed by atoms with van der Waals surface area (Å²) in [6.45, 7) is 5.06. The molecule has 1 aliphatic heterocycles. The van der Waals surface area contributed by atoms with Crippen LogP contribution in [0.2, 0.25) is 0 Å². The van der Waals surface area contributed by atoms with Crippen molar-refractivity contribution < 1.29 is 26.3 Å². The first kappa shape index (κ1) is 28.9. The molecule has 13 heteroatoms. The number of nitrogen functional groups attached to an aromatic ring is 1. The second kappa shape index (κ2) is 10.7. The Morgan fingerprint density at radius 2 is 1.78 bits per heavy atom. The van der Waals surface area contributed by atoms with Crippen LogP contribution in [-0.4, -0.2) is 55.3 Å². The van der Waals surface area contributed by atoms with Crippen molar-refractivity contribution in [3.8, 4) is 11.4 Å². The van der Waals surface area contributed by atoms with Gasteiger partial charge in [0.2, 0.25) is 15.8 Å². The molecule has 0 bridgehead atoms. The first-order valence-electron chi connectivity index (χ1n) is 13.3. The van der Waals surface area contributed by atoms with Gasteiger partial charge in [-0.25, -0.2) is 8.42 Å². The molecule has 1 aliphatic carbocycles. The van der Waals surface area contributed by atoms with E-state index in [1.54, 1.807) is 18.2 Å². The summed E-state index contributed by atoms with van der Waals surface area (Å²) in [6, 6.07) is 9.54. The molecule has 2 aromatic carbocycles. The standard InChI is InChI=1S/C28H32F3N5O4S/c1-19-14-20(6-7-23(19)32)17-41(38,39)35-12-10-34(11-13-35)24-16-33-36(22-5-3-4-21(15-22)28(29,30)31)26(37)25(24)40-18-27(2)8-9-27/h3-7,14-16H,8-13,17-18,32H2,1-2H3. The van der Waals surface area contributed by atoms with Crippen LogP contribution in [0.25, 0.3) is 5.69 Å². The van der Waals surface area contributed by atoms with Gasteiger partial charge >= 0.3 is 11.7 Å². The predicted molar refractivity (Wildman–Crippen MR) is 150 cm³/mol. The highest BCUT2D eigenvalue weighted by atomic mass is 32.2. The van der Waals surface area contributed by atoms with Crippen molar-refractivity contribution >= 4 is 21.4 Å². The van der Waals surface area contributed by atoms with Crippen LogP contribution in [0.15, 0.2) is 53.5 Å². The molecule has 0 radical (unpaired) electrons. The largest absolute Gasteiger partial charge is 0.486 e. The molecule has 2 heterocycles. The summed E-state index contributed by atoms with van der Waals surface area (Å²) >= 11 is 0. The van der Waals surface area contributed by atoms with E-state index in [0.717, 1.165) is 35.2 Å². The van der Waals surface area contributed by atoms with Gasteiger partial charge in [0.1, 0.15) is 5.69 Å². The van der Waals surface area contributed by atoms with Crippen molar-refractivity contribution in [2.24, 2.45) is 5.41 Å². The summed E-state index contributed by atoms with van der Waals surface area (Å²) in [5.74, 6) is -0.172. The fraction of sp³-hybridized carbons (Fsp3) is 0.429. The van der Waals surface area contributed by atoms with Gasteiger partial charge < -0.3 is 15.4 Å². The number of benzene rings is 2. The first-order valence-corrected chi connectivity index (χ1v) is 14.9. The molecule has 2 N–H and O–H groups in total. The molecule has 0 amide bonds. The van der Waals surface area contributed by atoms with E-state index in [9.17, 15) is 26.4 Å². The molecule has 1 aromatic heterocycles. The number of nitrogens with zero attached hydrogens (tertiary/aromatic N) is 4. The van der Waals surface area contributed by atoms with Crippen molar-refractivity contribution in [1.82, 2.24) is 14.1 Å². The molecule has 2 fully saturated rings. The number of aryl methyl sites for hydroxylation is 1. The number of rotatable bonds is 8. The average molecular weight is 592 g/mol. The van der Waals surface area contributed by atoms with Gasteiger partial charge in [-0.15, -0.1) is 0 Å². The van der Waals surface area contributed by atoms with Crippen molar-refractivity contribution in [2.45, 2.75) is 38.6 Å². The first-order chi connectivity index (χ1) is 19.3. The van der Waals surface area contributed by atoms with Crippen LogP contribution in [0.5, 0.6) is 5.75 Å². The lowest BCUT2D eigenvalue weighted by atomic mass is 10.1. The topological polar surface area (TPSA) is 111 Å². The van der Waals surface area contributed by atoms with Gasteiger partial charge in [0.25, 0.3) is 0 Å². The van der Waals surface area contributed by atoms with Crippen LogP contribution in [0.1, 0.15) is 36.5 Å². The molecular formula is C28H32F3N5O4S. The summed E-state index contributed by atoms with van der Waals surface area (Å²) in [5.41, 5.74) is 6.60. The molecule has 0 atom stereocenters. The van der Waals surface area contributed by atoms with Gasteiger partial charge in [-0.3, -0.25) is 4.79 Å². The molecule has 2 aliphatic rings. The van der Waals surface area contributed by atoms with Gasteiger partial charge in [-0.2, -0.15) is 27.3 Å². The number of nitrogens with two attached hydrogens (primary N) is 1. The predicted octanol–water partition coefficient (Wildman–Crippen LogP) is 3.97. The third kappa shape index (κ3) is 6.35. The zero-order valence-corrected chi connectivity index (χ0v) is 23.6. The summed E-state index contributed by atoms with van der Waals surface area (Å²) < 4.78 is 74.5. The highest BCUT2D eigenvalue weighted by Gasteiger charge is 2.39. The number of piperazine rings is 1. The fourth-order valence-corrected chi connectivity index (χ4v) is 6.23. The second-order valence-electron chi connectivity index (χ2n) is 11.1. The number of anilines is 2. The fourth-order valence-electron chi connectivity index (χ4n) is 4.73. The van der Waals surface area contributed by atoms with Crippen LogP contribution < -0.4 is 20.9 Å². The molecule has 3 aromatic rings. The minimum atomic E-state index is -4.58. The Kier molecular flexibility index (Phi) is 7.53. The van der Waals surface area contributed by atoms with Crippen molar-refractivity contribution in [1.29, 1.82) is 0 Å². The molecule has 220 valence electrons. The van der Waals surface area contributed by atoms with Crippen LogP contribution >= 0.6 is 0 Å². The molecule has 1 saturated heterocycles. The third-order valence-electron chi connectivity index (χ3n) is 7.66. The third-order valence-corrected chi connectivity index (χ3v) is 9.51. The second-order valence-corrected chi connectivity index (χ2v) is 13.0. The summed E-state index contributed by atoms with van der Waals surface area (Å²) in [7, 11) is -3.61. The van der Waals surface area contributed by atoms with Crippen molar-refractivity contribution in [3.63, 3.8) is 0 Å². The molecule has 0 spiro atoms. The van der Waals surface area contributed by atoms with Crippen LogP contribution in [0, 0.1) is 12.3 Å². The quantitative estimate of drug-likeness (QED) is 0.395. The summed E-state index contributed by atoms with van der Waals surface area (Å²) in [4.78, 5) is 15.4. The van der Waals surface area contributed by atoms with Crippen molar-refractivity contribution in [2.75, 3.05) is 43.4 Å². The Morgan fingerprint density at radius 3 is 2.41 bits per heavy atom. The maximum atomic E-state index is 13.6. The maximum absolute atomic E-state index is 13.6. The van der Waals surface area contributed by atoms with E-state index in [-0.39, 0.29) is 55.4 Å². The highest BCUT2D eigenvalue weighted by Crippen LogP contribution is 2.45. The minimum Gasteiger partial charge on any atom is -0.486 e. The molecule has 1 saturated carbocycles. The lowest BCUT2D eigenvalue weighted by Crippen LogP contribution is -2.49. The van der Waals surface area contributed by atoms with E-state index in [4.69, 9.17) is 10.5 Å². The highest BCUT2D eigenvalue weighted by molar-refractivity contribution is 7.88. The van der Waals surface area contributed by atoms with Crippen LogP contribution in [0.3, 0.4) is 0 Å². The summed E-state index contributed by atoms with van der Waals surface area (Å²) in [6.07, 6.45) is -1.29. The van der Waals surface area contributed by atoms with Crippen molar-refractivity contribution in [3.05, 3.63) is 75.7 Å². The number of aromatic nitrogens is 2. The van der Waals surface area contributed by atoms with E-state index in [1.807, 2.05) is 18.7 Å². The van der Waals surface area contributed by atoms with Gasteiger partial charge in [-0.1, -0.05) is 25.1 Å². The molecule has 5 rings (SSSR count). The van der Waals surface area contributed by atoms with E-state index in [2.05, 4.69) is 5.10 Å². The number of hydrogen-bond acceptors (Lipinski definition) is 7. The molecular weight excluding hydrogens is 559 g/mol. The van der Waals surface area contributed by atoms with Gasteiger partial charge in [0.15, 0.2) is 0 Å². The van der Waals surface area contributed by atoms with E-state index < -0.39 is 27.3 Å². The monoisotopic (exact) mass is 591 g/mol. The number of hydrogen-bond donors (Lipinski definition) is 1. The molecule has 41 heavy (non-hydrogen) atoms. The normalized spacial score (nSPS) is 17.4. The summed E-state index contributed by atoms with van der Waals surface area (Å²) in [5, 5.41) is 4.18. The number of halogens is 3. The molecule has 9 nitrogen and oxygen atoms in total. The zero-order chi connectivity index (χ0) is 29.6. The number of ether oxygens (including phenoxy) is 1. The Morgan fingerprint density at radius 1 is 1.07 bits per heavy atom. The Balaban J connectivity index is 1.38.